The SMILES string of the molecule is COC(=O)[C@H]1C(=O)C2=C(C[C@H]1C)NC(C)=C(C(=O)OC(C)C)[C@H]2c1cc(Cl)c(O)c(OC)c1. The normalized spacial score (nSPS) is 22.7. The Hall–Kier alpha value is -3.00. The average Bonchev–Trinajstić information content (AvgIpc) is 2.73. The number of nitrogens with one attached hydrogen (secondary N) is 1. The van der Waals surface area contributed by atoms with Crippen LogP contribution in [0.3, 0.4) is 0 Å². The maximum Gasteiger partial charge on any atom is 0.337 e. The first-order chi connectivity index (χ1) is 15.5. The van der Waals surface area contributed by atoms with Gasteiger partial charge in [0.05, 0.1) is 30.9 Å². The Morgan fingerprint density at radius 3 is 2.48 bits per heavy atom. The van der Waals surface area contributed by atoms with Crippen LogP contribution in [0.25, 0.3) is 0 Å². The minimum Gasteiger partial charge on any atom is -0.503 e. The summed E-state index contributed by atoms with van der Waals surface area (Å²) in [6.07, 6.45) is 0.0149. The number of esters is 2. The number of phenolic OH excluding ortho intramolecular Hbond substituents is 1. The van der Waals surface area contributed by atoms with Gasteiger partial charge in [-0.15, -0.1) is 0 Å². The molecule has 0 fully saturated rings. The van der Waals surface area contributed by atoms with Crippen LogP contribution in [-0.4, -0.2) is 43.2 Å². The lowest BCUT2D eigenvalue weighted by Crippen LogP contribution is -2.43. The maximum absolute atomic E-state index is 13.7. The van der Waals surface area contributed by atoms with E-state index in [1.807, 2.05) is 6.92 Å². The summed E-state index contributed by atoms with van der Waals surface area (Å²) >= 11 is 6.25. The number of ketones is 1. The summed E-state index contributed by atoms with van der Waals surface area (Å²) in [5, 5.41) is 13.4. The number of aromatic hydroxyl groups is 1. The van der Waals surface area contributed by atoms with Crippen molar-refractivity contribution in [3.8, 4) is 11.5 Å². The largest absolute Gasteiger partial charge is 0.503 e. The molecular weight excluding hydrogens is 450 g/mol. The van der Waals surface area contributed by atoms with Crippen molar-refractivity contribution in [2.45, 2.75) is 46.1 Å². The third kappa shape index (κ3) is 4.44. The van der Waals surface area contributed by atoms with Gasteiger partial charge in [0.25, 0.3) is 0 Å². The van der Waals surface area contributed by atoms with Crippen LogP contribution in [0.5, 0.6) is 11.5 Å². The molecule has 8 nitrogen and oxygen atoms in total. The number of dihydropyridines is 1. The van der Waals surface area contributed by atoms with E-state index in [1.54, 1.807) is 20.8 Å². The second-order valence-corrected chi connectivity index (χ2v) is 8.95. The zero-order valence-electron chi connectivity index (χ0n) is 19.4. The van der Waals surface area contributed by atoms with E-state index in [4.69, 9.17) is 25.8 Å². The van der Waals surface area contributed by atoms with Gasteiger partial charge in [0.15, 0.2) is 17.3 Å². The molecule has 0 unspecified atom stereocenters. The van der Waals surface area contributed by atoms with Crippen molar-refractivity contribution >= 4 is 29.3 Å². The van der Waals surface area contributed by atoms with Crippen LogP contribution in [0.2, 0.25) is 5.02 Å². The lowest BCUT2D eigenvalue weighted by Gasteiger charge is -2.38. The molecule has 9 heteroatoms. The van der Waals surface area contributed by atoms with E-state index in [-0.39, 0.29) is 33.6 Å². The molecule has 1 heterocycles. The van der Waals surface area contributed by atoms with Crippen molar-refractivity contribution in [2.24, 2.45) is 11.8 Å². The number of halogens is 1. The molecule has 0 bridgehead atoms. The van der Waals surface area contributed by atoms with Gasteiger partial charge in [-0.1, -0.05) is 18.5 Å². The van der Waals surface area contributed by atoms with Crippen LogP contribution >= 0.6 is 11.6 Å². The van der Waals surface area contributed by atoms with Crippen LogP contribution in [-0.2, 0) is 23.9 Å². The molecule has 2 aliphatic rings. The van der Waals surface area contributed by atoms with Gasteiger partial charge in [-0.3, -0.25) is 9.59 Å². The standard InChI is InChI=1S/C24H28ClNO7/c1-10(2)33-24(30)18-12(4)26-15-7-11(3)17(23(29)32-6)22(28)20(15)19(18)13-8-14(25)21(27)16(9-13)31-5/h8-11,17,19,26-27H,7H2,1-6H3/t11-,17-,19-/m1/s1. The van der Waals surface area contributed by atoms with Gasteiger partial charge in [-0.25, -0.2) is 4.79 Å². The zero-order chi connectivity index (χ0) is 24.6. The molecule has 0 radical (unpaired) electrons. The molecule has 0 spiro atoms. The summed E-state index contributed by atoms with van der Waals surface area (Å²) in [7, 11) is 2.61. The van der Waals surface area contributed by atoms with Crippen molar-refractivity contribution in [3.05, 3.63) is 45.3 Å². The number of carbonyl (C=O) groups is 3. The predicted octanol–water partition coefficient (Wildman–Crippen LogP) is 3.62. The first kappa shape index (κ1) is 24.6. The van der Waals surface area contributed by atoms with Gasteiger partial charge < -0.3 is 24.6 Å². The van der Waals surface area contributed by atoms with E-state index in [0.717, 1.165) is 0 Å². The third-order valence-electron chi connectivity index (χ3n) is 5.91. The fourth-order valence-corrected chi connectivity index (χ4v) is 4.70. The molecule has 0 saturated heterocycles. The Kier molecular flexibility index (Phi) is 7.07. The molecule has 178 valence electrons. The fourth-order valence-electron chi connectivity index (χ4n) is 4.48. The highest BCUT2D eigenvalue weighted by Crippen LogP contribution is 2.48. The smallest absolute Gasteiger partial charge is 0.337 e. The van der Waals surface area contributed by atoms with Crippen molar-refractivity contribution in [1.29, 1.82) is 0 Å². The third-order valence-corrected chi connectivity index (χ3v) is 6.20. The summed E-state index contributed by atoms with van der Waals surface area (Å²) in [6, 6.07) is 3.00. The quantitative estimate of drug-likeness (QED) is 0.488. The first-order valence-electron chi connectivity index (χ1n) is 10.6. The Balaban J connectivity index is 2.26. The Morgan fingerprint density at radius 2 is 1.91 bits per heavy atom. The van der Waals surface area contributed by atoms with Crippen LogP contribution in [0.4, 0.5) is 0 Å². The molecular formula is C24H28ClNO7. The van der Waals surface area contributed by atoms with E-state index in [2.05, 4.69) is 5.32 Å². The van der Waals surface area contributed by atoms with E-state index in [1.165, 1.54) is 26.4 Å². The summed E-state index contributed by atoms with van der Waals surface area (Å²) < 4.78 is 15.6. The number of allylic oxidation sites excluding steroid dienone is 3. The Bertz CT molecular complexity index is 1070. The minimum absolute atomic E-state index is 0.000377. The number of hydrogen-bond acceptors (Lipinski definition) is 8. The first-order valence-corrected chi connectivity index (χ1v) is 11.0. The highest BCUT2D eigenvalue weighted by atomic mass is 35.5. The summed E-state index contributed by atoms with van der Waals surface area (Å²) in [5.41, 5.74) is 2.10. The van der Waals surface area contributed by atoms with Gasteiger partial charge in [0.2, 0.25) is 0 Å². The van der Waals surface area contributed by atoms with E-state index in [9.17, 15) is 19.5 Å². The average molecular weight is 478 g/mol. The second-order valence-electron chi connectivity index (χ2n) is 8.54. The topological polar surface area (TPSA) is 111 Å². The van der Waals surface area contributed by atoms with Gasteiger partial charge in [-0.2, -0.15) is 0 Å². The molecule has 1 aliphatic heterocycles. The maximum atomic E-state index is 13.7. The number of ether oxygens (including phenoxy) is 3. The molecule has 2 N–H and O–H groups in total. The molecule has 1 aromatic carbocycles. The minimum atomic E-state index is -1.01. The number of carbonyl (C=O) groups excluding carboxylic acids is 3. The van der Waals surface area contributed by atoms with E-state index < -0.39 is 35.7 Å². The van der Waals surface area contributed by atoms with Crippen LogP contribution in [0, 0.1) is 11.8 Å². The summed E-state index contributed by atoms with van der Waals surface area (Å²) in [6.45, 7) is 6.99. The van der Waals surface area contributed by atoms with E-state index in [0.29, 0.717) is 23.4 Å². The van der Waals surface area contributed by atoms with Gasteiger partial charge in [0, 0.05) is 22.9 Å². The van der Waals surface area contributed by atoms with Crippen molar-refractivity contribution in [2.75, 3.05) is 14.2 Å². The molecule has 3 rings (SSSR count). The molecule has 1 aromatic rings. The van der Waals surface area contributed by atoms with Gasteiger partial charge in [0.1, 0.15) is 5.92 Å². The number of methoxy groups -OCH3 is 2. The lowest BCUT2D eigenvalue weighted by atomic mass is 9.69. The zero-order valence-corrected chi connectivity index (χ0v) is 20.2. The van der Waals surface area contributed by atoms with Crippen molar-refractivity contribution in [3.63, 3.8) is 0 Å². The van der Waals surface area contributed by atoms with Gasteiger partial charge in [-0.05, 0) is 50.8 Å². The van der Waals surface area contributed by atoms with E-state index >= 15 is 0 Å². The summed E-state index contributed by atoms with van der Waals surface area (Å²) in [4.78, 5) is 39.3. The molecule has 0 aromatic heterocycles. The highest BCUT2D eigenvalue weighted by molar-refractivity contribution is 6.32. The predicted molar refractivity (Wildman–Crippen MR) is 121 cm³/mol. The Morgan fingerprint density at radius 1 is 1.24 bits per heavy atom. The van der Waals surface area contributed by atoms with Crippen LogP contribution < -0.4 is 10.1 Å². The molecule has 3 atom stereocenters. The van der Waals surface area contributed by atoms with Gasteiger partial charge >= 0.3 is 11.9 Å². The number of Topliss-reactive ketones (excluding diaryl/α,β-unsaturated/α-hetero) is 1. The molecule has 33 heavy (non-hydrogen) atoms. The van der Waals surface area contributed by atoms with Crippen LogP contribution in [0.15, 0.2) is 34.7 Å². The summed E-state index contributed by atoms with van der Waals surface area (Å²) in [5.74, 6) is -4.01. The molecule has 0 saturated carbocycles. The number of hydrogen-bond donors (Lipinski definition) is 2. The second kappa shape index (κ2) is 9.47. The number of phenols is 1. The number of benzene rings is 1. The Labute approximate surface area is 197 Å². The molecule has 0 amide bonds. The monoisotopic (exact) mass is 477 g/mol. The van der Waals surface area contributed by atoms with Crippen molar-refractivity contribution < 1.29 is 33.7 Å². The fraction of sp³-hybridized carbons (Fsp3) is 0.458. The van der Waals surface area contributed by atoms with Crippen molar-refractivity contribution in [1.82, 2.24) is 5.32 Å². The number of rotatable bonds is 5. The van der Waals surface area contributed by atoms with Crippen LogP contribution in [0.1, 0.15) is 45.6 Å². The lowest BCUT2D eigenvalue weighted by molar-refractivity contribution is -0.151. The highest BCUT2D eigenvalue weighted by Gasteiger charge is 2.47. The molecule has 1 aliphatic carbocycles.